The van der Waals surface area contributed by atoms with Crippen LogP contribution in [0.25, 0.3) is 11.0 Å². The van der Waals surface area contributed by atoms with Gasteiger partial charge in [0, 0.05) is 28.7 Å². The van der Waals surface area contributed by atoms with Crippen LogP contribution < -0.4 is 0 Å². The SMILES string of the molecule is CCCN(Cc1nc2ccc(Cl)cc2n1CC1CC1)C(=O)c1cccc(Cl)c1. The zero-order valence-corrected chi connectivity index (χ0v) is 17.4. The van der Waals surface area contributed by atoms with Crippen molar-refractivity contribution in [1.29, 1.82) is 0 Å². The molecule has 0 radical (unpaired) electrons. The van der Waals surface area contributed by atoms with Crippen LogP contribution in [0.3, 0.4) is 0 Å². The van der Waals surface area contributed by atoms with Crippen molar-refractivity contribution in [2.75, 3.05) is 6.54 Å². The maximum atomic E-state index is 13.1. The summed E-state index contributed by atoms with van der Waals surface area (Å²) >= 11 is 12.3. The standard InChI is InChI=1S/C22H23Cl2N3O/c1-2-10-26(22(28)16-4-3-5-17(23)11-16)14-21-25-19-9-8-18(24)12-20(19)27(21)13-15-6-7-15/h3-5,8-9,11-12,15H,2,6-7,10,13-14H2,1H3. The Kier molecular flexibility index (Phi) is 5.61. The van der Waals surface area contributed by atoms with E-state index < -0.39 is 0 Å². The molecular weight excluding hydrogens is 393 g/mol. The van der Waals surface area contributed by atoms with E-state index in [1.165, 1.54) is 12.8 Å². The third-order valence-electron chi connectivity index (χ3n) is 5.11. The van der Waals surface area contributed by atoms with Crippen molar-refractivity contribution in [3.05, 3.63) is 63.9 Å². The number of imidazole rings is 1. The van der Waals surface area contributed by atoms with E-state index in [0.29, 0.717) is 34.6 Å². The first-order valence-electron chi connectivity index (χ1n) is 9.74. The molecule has 1 saturated carbocycles. The van der Waals surface area contributed by atoms with Crippen molar-refractivity contribution in [1.82, 2.24) is 14.5 Å². The monoisotopic (exact) mass is 415 g/mol. The molecule has 4 nitrogen and oxygen atoms in total. The lowest BCUT2D eigenvalue weighted by molar-refractivity contribution is 0.0737. The van der Waals surface area contributed by atoms with E-state index in [1.807, 2.05) is 35.2 Å². The zero-order valence-electron chi connectivity index (χ0n) is 15.9. The van der Waals surface area contributed by atoms with Gasteiger partial charge in [0.05, 0.1) is 17.6 Å². The van der Waals surface area contributed by atoms with Crippen LogP contribution in [-0.4, -0.2) is 26.9 Å². The van der Waals surface area contributed by atoms with Crippen molar-refractivity contribution < 1.29 is 4.79 Å². The second-order valence-electron chi connectivity index (χ2n) is 7.45. The molecule has 0 unspecified atom stereocenters. The molecule has 28 heavy (non-hydrogen) atoms. The van der Waals surface area contributed by atoms with E-state index in [2.05, 4.69) is 11.5 Å². The predicted molar refractivity (Wildman–Crippen MR) is 114 cm³/mol. The first-order valence-corrected chi connectivity index (χ1v) is 10.5. The smallest absolute Gasteiger partial charge is 0.254 e. The lowest BCUT2D eigenvalue weighted by Gasteiger charge is -2.22. The van der Waals surface area contributed by atoms with Gasteiger partial charge in [0.25, 0.3) is 5.91 Å². The lowest BCUT2D eigenvalue weighted by atomic mass is 10.2. The van der Waals surface area contributed by atoms with Crippen molar-refractivity contribution >= 4 is 40.1 Å². The van der Waals surface area contributed by atoms with Crippen LogP contribution in [0.15, 0.2) is 42.5 Å². The molecule has 2 aromatic carbocycles. The first-order chi connectivity index (χ1) is 13.5. The van der Waals surface area contributed by atoms with Crippen LogP contribution in [0.2, 0.25) is 10.0 Å². The minimum Gasteiger partial charge on any atom is -0.331 e. The summed E-state index contributed by atoms with van der Waals surface area (Å²) < 4.78 is 2.24. The fourth-order valence-electron chi connectivity index (χ4n) is 3.53. The Bertz CT molecular complexity index is 1010. The molecule has 0 spiro atoms. The Morgan fingerprint density at radius 1 is 1.18 bits per heavy atom. The number of carbonyl (C=O) groups excluding carboxylic acids is 1. The topological polar surface area (TPSA) is 38.1 Å². The van der Waals surface area contributed by atoms with E-state index in [1.54, 1.807) is 12.1 Å². The Balaban J connectivity index is 1.68. The van der Waals surface area contributed by atoms with Gasteiger partial charge >= 0.3 is 0 Å². The van der Waals surface area contributed by atoms with Crippen LogP contribution in [0, 0.1) is 5.92 Å². The maximum absolute atomic E-state index is 13.1. The number of nitrogens with zero attached hydrogens (tertiary/aromatic N) is 3. The molecule has 0 saturated heterocycles. The molecule has 1 heterocycles. The molecule has 0 aliphatic heterocycles. The van der Waals surface area contributed by atoms with Crippen molar-refractivity contribution in [2.24, 2.45) is 5.92 Å². The molecule has 4 rings (SSSR count). The molecule has 1 fully saturated rings. The second kappa shape index (κ2) is 8.14. The van der Waals surface area contributed by atoms with Gasteiger partial charge in [0.1, 0.15) is 5.82 Å². The van der Waals surface area contributed by atoms with Crippen LogP contribution in [0.5, 0.6) is 0 Å². The highest BCUT2D eigenvalue weighted by atomic mass is 35.5. The summed E-state index contributed by atoms with van der Waals surface area (Å²) in [7, 11) is 0. The second-order valence-corrected chi connectivity index (χ2v) is 8.32. The Labute approximate surface area is 175 Å². The quantitative estimate of drug-likeness (QED) is 0.488. The van der Waals surface area contributed by atoms with Crippen LogP contribution in [-0.2, 0) is 13.1 Å². The van der Waals surface area contributed by atoms with Crippen molar-refractivity contribution in [2.45, 2.75) is 39.3 Å². The summed E-state index contributed by atoms with van der Waals surface area (Å²) in [6, 6.07) is 12.9. The van der Waals surface area contributed by atoms with Gasteiger partial charge in [-0.1, -0.05) is 36.2 Å². The van der Waals surface area contributed by atoms with Gasteiger partial charge in [-0.15, -0.1) is 0 Å². The number of halogens is 2. The van der Waals surface area contributed by atoms with Gasteiger partial charge in [-0.3, -0.25) is 4.79 Å². The number of hydrogen-bond acceptors (Lipinski definition) is 2. The molecule has 3 aromatic rings. The van der Waals surface area contributed by atoms with Gasteiger partial charge in [-0.2, -0.15) is 0 Å². The molecule has 0 bridgehead atoms. The van der Waals surface area contributed by atoms with E-state index in [0.717, 1.165) is 29.8 Å². The largest absolute Gasteiger partial charge is 0.331 e. The van der Waals surface area contributed by atoms with E-state index in [4.69, 9.17) is 28.2 Å². The number of benzene rings is 2. The number of amides is 1. The van der Waals surface area contributed by atoms with Gasteiger partial charge in [0.2, 0.25) is 0 Å². The number of hydrogen-bond donors (Lipinski definition) is 0. The first kappa shape index (κ1) is 19.3. The predicted octanol–water partition coefficient (Wildman–Crippen LogP) is 5.81. The normalized spacial score (nSPS) is 13.8. The minimum atomic E-state index is -0.0209. The minimum absolute atomic E-state index is 0.0209. The third kappa shape index (κ3) is 4.18. The van der Waals surface area contributed by atoms with Crippen LogP contribution >= 0.6 is 23.2 Å². The molecule has 0 N–H and O–H groups in total. The number of fused-ring (bicyclic) bond motifs is 1. The van der Waals surface area contributed by atoms with Crippen molar-refractivity contribution in [3.63, 3.8) is 0 Å². The van der Waals surface area contributed by atoms with Crippen molar-refractivity contribution in [3.8, 4) is 0 Å². The number of rotatable bonds is 7. The fourth-order valence-corrected chi connectivity index (χ4v) is 3.88. The Morgan fingerprint density at radius 3 is 2.68 bits per heavy atom. The molecule has 6 heteroatoms. The molecular formula is C22H23Cl2N3O. The van der Waals surface area contributed by atoms with Gasteiger partial charge in [0.15, 0.2) is 0 Å². The highest BCUT2D eigenvalue weighted by molar-refractivity contribution is 6.31. The van der Waals surface area contributed by atoms with Crippen LogP contribution in [0.1, 0.15) is 42.4 Å². The highest BCUT2D eigenvalue weighted by Crippen LogP contribution is 2.33. The summed E-state index contributed by atoms with van der Waals surface area (Å²) in [5, 5.41) is 1.27. The maximum Gasteiger partial charge on any atom is 0.254 e. The third-order valence-corrected chi connectivity index (χ3v) is 5.58. The highest BCUT2D eigenvalue weighted by Gasteiger charge is 2.26. The Morgan fingerprint density at radius 2 is 1.96 bits per heavy atom. The van der Waals surface area contributed by atoms with E-state index in [-0.39, 0.29) is 5.91 Å². The average molecular weight is 416 g/mol. The average Bonchev–Trinajstić information content (AvgIpc) is 3.44. The molecule has 1 aliphatic carbocycles. The lowest BCUT2D eigenvalue weighted by Crippen LogP contribution is -2.32. The summed E-state index contributed by atoms with van der Waals surface area (Å²) in [6.45, 7) is 4.14. The molecule has 1 amide bonds. The number of carbonyl (C=O) groups is 1. The van der Waals surface area contributed by atoms with Gasteiger partial charge in [-0.05, 0) is 61.6 Å². The molecule has 1 aromatic heterocycles. The summed E-state index contributed by atoms with van der Waals surface area (Å²) in [6.07, 6.45) is 3.38. The summed E-state index contributed by atoms with van der Waals surface area (Å²) in [5.41, 5.74) is 2.57. The number of aromatic nitrogens is 2. The zero-order chi connectivity index (χ0) is 19.7. The van der Waals surface area contributed by atoms with E-state index in [9.17, 15) is 4.79 Å². The summed E-state index contributed by atoms with van der Waals surface area (Å²) in [4.78, 5) is 19.8. The summed E-state index contributed by atoms with van der Waals surface area (Å²) in [5.74, 6) is 1.58. The van der Waals surface area contributed by atoms with E-state index >= 15 is 0 Å². The molecule has 0 atom stereocenters. The van der Waals surface area contributed by atoms with Gasteiger partial charge < -0.3 is 9.47 Å². The molecule has 146 valence electrons. The van der Waals surface area contributed by atoms with Gasteiger partial charge in [-0.25, -0.2) is 4.98 Å². The van der Waals surface area contributed by atoms with Crippen LogP contribution in [0.4, 0.5) is 0 Å². The molecule has 1 aliphatic rings. The Hall–Kier alpha value is -2.04. The fraction of sp³-hybridized carbons (Fsp3) is 0.364.